The van der Waals surface area contributed by atoms with E-state index in [9.17, 15) is 19.2 Å². The monoisotopic (exact) mass is 610 g/mol. The van der Waals surface area contributed by atoms with E-state index in [4.69, 9.17) is 0 Å². The predicted octanol–water partition coefficient (Wildman–Crippen LogP) is 4.77. The number of hydrogen-bond acceptors (Lipinski definition) is 7. The number of aromatic amines is 1. The van der Waals surface area contributed by atoms with Crippen LogP contribution in [0.25, 0.3) is 10.8 Å². The van der Waals surface area contributed by atoms with Gasteiger partial charge >= 0.3 is 4.87 Å². The molecular weight excluding hydrogens is 581 g/mol. The number of H-pyrrole nitrogens is 1. The molecule has 7 atom stereocenters. The lowest BCUT2D eigenvalue weighted by atomic mass is 9.68. The van der Waals surface area contributed by atoms with E-state index in [1.807, 2.05) is 56.6 Å². The summed E-state index contributed by atoms with van der Waals surface area (Å²) in [6, 6.07) is 21.9. The number of fused-ring (bicyclic) bond motifs is 10. The Labute approximate surface area is 256 Å². The van der Waals surface area contributed by atoms with Crippen molar-refractivity contribution in [2.24, 2.45) is 29.6 Å². The van der Waals surface area contributed by atoms with E-state index < -0.39 is 11.8 Å². The van der Waals surface area contributed by atoms with Gasteiger partial charge < -0.3 is 15.2 Å². The number of carbonyl (C=O) groups is 3. The maximum Gasteiger partial charge on any atom is 0.305 e. The summed E-state index contributed by atoms with van der Waals surface area (Å²) in [6.07, 6.45) is 0.816. The SMILES string of the molecule is CN(C)c1ccc([C@H]2c3sc(=O)[nH]c3SC3C4CC(C5C(=O)N(CC(=O)Nc6cccc7ccccc67)C(=O)C45)C32)cc1. The Morgan fingerprint density at radius 3 is 2.44 bits per heavy atom. The molecule has 3 amide bonds. The van der Waals surface area contributed by atoms with E-state index in [2.05, 4.69) is 39.5 Å². The maximum absolute atomic E-state index is 13.9. The minimum Gasteiger partial charge on any atom is -0.378 e. The van der Waals surface area contributed by atoms with Crippen LogP contribution in [0.2, 0.25) is 0 Å². The Morgan fingerprint density at radius 1 is 0.953 bits per heavy atom. The van der Waals surface area contributed by atoms with Crippen LogP contribution in [0.3, 0.4) is 0 Å². The Bertz CT molecular complexity index is 1860. The summed E-state index contributed by atoms with van der Waals surface area (Å²) >= 11 is 2.93. The second-order valence-electron chi connectivity index (χ2n) is 12.3. The average molecular weight is 611 g/mol. The number of imide groups is 1. The third-order valence-corrected chi connectivity index (χ3v) is 12.5. The second kappa shape index (κ2) is 9.82. The fourth-order valence-corrected chi connectivity index (χ4v) is 11.1. The first kappa shape index (κ1) is 26.7. The van der Waals surface area contributed by atoms with Gasteiger partial charge in [0.2, 0.25) is 17.7 Å². The van der Waals surface area contributed by atoms with Crippen molar-refractivity contribution in [2.75, 3.05) is 30.9 Å². The molecule has 2 aliphatic heterocycles. The van der Waals surface area contributed by atoms with Crippen LogP contribution in [0.4, 0.5) is 11.4 Å². The smallest absolute Gasteiger partial charge is 0.305 e. The molecule has 1 saturated heterocycles. The van der Waals surface area contributed by atoms with E-state index >= 15 is 0 Å². The van der Waals surface area contributed by atoms with Crippen LogP contribution in [-0.4, -0.2) is 53.5 Å². The van der Waals surface area contributed by atoms with Gasteiger partial charge in [0, 0.05) is 46.9 Å². The minimum atomic E-state index is -0.425. The molecule has 8 rings (SSSR count). The summed E-state index contributed by atoms with van der Waals surface area (Å²) in [5.74, 6) is -1.54. The van der Waals surface area contributed by atoms with Crippen molar-refractivity contribution >= 4 is 63.0 Å². The lowest BCUT2D eigenvalue weighted by molar-refractivity contribution is -0.143. The van der Waals surface area contributed by atoms with Crippen molar-refractivity contribution in [3.05, 3.63) is 86.8 Å². The van der Waals surface area contributed by atoms with Gasteiger partial charge in [-0.3, -0.25) is 24.1 Å². The molecule has 2 bridgehead atoms. The van der Waals surface area contributed by atoms with Crippen molar-refractivity contribution in [2.45, 2.75) is 22.6 Å². The summed E-state index contributed by atoms with van der Waals surface area (Å²) in [6.45, 7) is -0.286. The summed E-state index contributed by atoms with van der Waals surface area (Å²) in [7, 11) is 4.01. The van der Waals surface area contributed by atoms with Crippen LogP contribution in [0.1, 0.15) is 22.8 Å². The molecule has 0 radical (unpaired) electrons. The number of hydrogen-bond donors (Lipinski definition) is 2. The average Bonchev–Trinajstić information content (AvgIpc) is 3.73. The minimum absolute atomic E-state index is 0.0129. The van der Waals surface area contributed by atoms with Crippen LogP contribution in [0, 0.1) is 29.6 Å². The van der Waals surface area contributed by atoms with Crippen LogP contribution in [-0.2, 0) is 14.4 Å². The van der Waals surface area contributed by atoms with Gasteiger partial charge in [-0.15, -0.1) is 11.8 Å². The largest absolute Gasteiger partial charge is 0.378 e. The van der Waals surface area contributed by atoms with Gasteiger partial charge in [-0.1, -0.05) is 59.9 Å². The maximum atomic E-state index is 13.9. The Kier molecular flexibility index (Phi) is 6.10. The van der Waals surface area contributed by atoms with Crippen molar-refractivity contribution in [3.8, 4) is 0 Å². The number of thiazole rings is 1. The topological polar surface area (TPSA) is 103 Å². The highest BCUT2D eigenvalue weighted by Crippen LogP contribution is 2.68. The molecule has 4 aliphatic rings. The third kappa shape index (κ3) is 4.03. The summed E-state index contributed by atoms with van der Waals surface area (Å²) < 4.78 is 0. The van der Waals surface area contributed by atoms with Gasteiger partial charge in [-0.05, 0) is 53.3 Å². The number of benzene rings is 3. The molecule has 43 heavy (non-hydrogen) atoms. The first-order valence-corrected chi connectivity index (χ1v) is 16.3. The zero-order valence-corrected chi connectivity index (χ0v) is 25.3. The number of aromatic nitrogens is 1. The van der Waals surface area contributed by atoms with Crippen LogP contribution in [0.15, 0.2) is 76.6 Å². The number of nitrogens with one attached hydrogen (secondary N) is 2. The highest BCUT2D eigenvalue weighted by Gasteiger charge is 2.69. The molecule has 218 valence electrons. The van der Waals surface area contributed by atoms with E-state index in [1.54, 1.807) is 11.8 Å². The number of thioether (sulfide) groups is 1. The molecule has 2 N–H and O–H groups in total. The van der Waals surface area contributed by atoms with Gasteiger partial charge in [-0.2, -0.15) is 0 Å². The molecule has 3 aromatic carbocycles. The van der Waals surface area contributed by atoms with Crippen LogP contribution >= 0.6 is 23.1 Å². The lowest BCUT2D eigenvalue weighted by Gasteiger charge is -2.43. The van der Waals surface area contributed by atoms with Crippen LogP contribution in [0.5, 0.6) is 0 Å². The van der Waals surface area contributed by atoms with E-state index in [1.165, 1.54) is 16.2 Å². The summed E-state index contributed by atoms with van der Waals surface area (Å²) in [5, 5.41) is 5.85. The number of nitrogens with zero attached hydrogens (tertiary/aromatic N) is 2. The molecule has 2 saturated carbocycles. The van der Waals surface area contributed by atoms with Gasteiger partial charge in [0.05, 0.1) is 16.9 Å². The fraction of sp³-hybridized carbons (Fsp3) is 0.333. The highest BCUT2D eigenvalue weighted by atomic mass is 32.2. The van der Waals surface area contributed by atoms with Crippen molar-refractivity contribution < 1.29 is 14.4 Å². The lowest BCUT2D eigenvalue weighted by Crippen LogP contribution is -2.42. The molecule has 2 aliphatic carbocycles. The molecule has 3 fully saturated rings. The molecular formula is C33H30N4O4S2. The normalized spacial score (nSPS) is 28.6. The summed E-state index contributed by atoms with van der Waals surface area (Å²) in [4.78, 5) is 60.7. The third-order valence-electron chi connectivity index (χ3n) is 9.95. The van der Waals surface area contributed by atoms with E-state index in [-0.39, 0.29) is 58.1 Å². The van der Waals surface area contributed by atoms with Crippen molar-refractivity contribution in [1.29, 1.82) is 0 Å². The molecule has 0 spiro atoms. The molecule has 1 aromatic heterocycles. The molecule has 4 aromatic rings. The highest BCUT2D eigenvalue weighted by molar-refractivity contribution is 8.00. The van der Waals surface area contributed by atoms with Gasteiger partial charge in [0.25, 0.3) is 0 Å². The zero-order valence-electron chi connectivity index (χ0n) is 23.7. The predicted molar refractivity (Wildman–Crippen MR) is 169 cm³/mol. The molecule has 8 nitrogen and oxygen atoms in total. The number of carbonyl (C=O) groups excluding carboxylic acids is 3. The number of anilines is 2. The first-order chi connectivity index (χ1) is 20.8. The number of rotatable bonds is 5. The zero-order chi connectivity index (χ0) is 29.6. The van der Waals surface area contributed by atoms with Gasteiger partial charge in [-0.25, -0.2) is 0 Å². The first-order valence-electron chi connectivity index (χ1n) is 14.6. The van der Waals surface area contributed by atoms with E-state index in [0.29, 0.717) is 5.69 Å². The standard InChI is InChI=1S/C33H30N4O4S2/c1-36(2)18-12-10-17(11-13-18)24-25-20-14-21(28(25)42-30-29(24)43-33(41)35-30)27-26(20)31(39)37(32(27)40)15-23(38)34-22-9-5-7-16-6-3-4-8-19(16)22/h3-13,20-21,24-28H,14-15H2,1-2H3,(H,34,38)(H,35,41)/t20?,21?,24-,25?,26?,27?,28?/m1/s1. The quantitative estimate of drug-likeness (QED) is 0.316. The summed E-state index contributed by atoms with van der Waals surface area (Å²) in [5.41, 5.74) is 2.88. The van der Waals surface area contributed by atoms with E-state index in [0.717, 1.165) is 38.3 Å². The number of likely N-dealkylation sites (tertiary alicyclic amines) is 1. The Balaban J connectivity index is 1.09. The van der Waals surface area contributed by atoms with Gasteiger partial charge in [0.1, 0.15) is 6.54 Å². The molecule has 3 heterocycles. The van der Waals surface area contributed by atoms with Crippen LogP contribution < -0.4 is 15.1 Å². The molecule has 10 heteroatoms. The Morgan fingerprint density at radius 2 is 1.67 bits per heavy atom. The van der Waals surface area contributed by atoms with Crippen molar-refractivity contribution in [3.63, 3.8) is 0 Å². The molecule has 6 unspecified atom stereocenters. The fourth-order valence-electron chi connectivity index (χ4n) is 8.26. The van der Waals surface area contributed by atoms with Gasteiger partial charge in [0.15, 0.2) is 0 Å². The second-order valence-corrected chi connectivity index (χ2v) is 14.5. The van der Waals surface area contributed by atoms with Crippen molar-refractivity contribution in [1.82, 2.24) is 9.88 Å². The Hall–Kier alpha value is -3.89. The number of amides is 3.